The first kappa shape index (κ1) is 18.2. The average molecular weight is 357 g/mol. The summed E-state index contributed by atoms with van der Waals surface area (Å²) in [5.74, 6) is 1.00. The van der Waals surface area contributed by atoms with Gasteiger partial charge >= 0.3 is 0 Å². The van der Waals surface area contributed by atoms with Gasteiger partial charge in [0.2, 0.25) is 5.91 Å². The number of rotatable bonds is 6. The Bertz CT molecular complexity index is 786. The summed E-state index contributed by atoms with van der Waals surface area (Å²) in [5, 5.41) is 12.8. The number of methoxy groups -OCH3 is 1. The monoisotopic (exact) mass is 357 g/mol. The van der Waals surface area contributed by atoms with Crippen molar-refractivity contribution < 1.29 is 14.6 Å². The molecule has 0 atom stereocenters. The summed E-state index contributed by atoms with van der Waals surface area (Å²) in [7, 11) is 1.65. The van der Waals surface area contributed by atoms with Gasteiger partial charge < -0.3 is 20.1 Å². The van der Waals surface area contributed by atoms with E-state index in [0.29, 0.717) is 36.2 Å². The lowest BCUT2D eigenvalue weighted by Crippen LogP contribution is -2.40. The molecule has 0 spiro atoms. The van der Waals surface area contributed by atoms with E-state index in [2.05, 4.69) is 20.3 Å². The van der Waals surface area contributed by atoms with Crippen LogP contribution in [0, 0.1) is 0 Å². The molecule has 0 saturated heterocycles. The number of nitrogens with zero attached hydrogens (tertiary/aromatic N) is 4. The molecule has 1 aliphatic rings. The van der Waals surface area contributed by atoms with Gasteiger partial charge in [-0.3, -0.25) is 9.78 Å². The van der Waals surface area contributed by atoms with E-state index >= 15 is 0 Å². The summed E-state index contributed by atoms with van der Waals surface area (Å²) >= 11 is 0. The fourth-order valence-corrected chi connectivity index (χ4v) is 2.74. The van der Waals surface area contributed by atoms with Gasteiger partial charge in [-0.15, -0.1) is 0 Å². The maximum Gasteiger partial charge on any atom is 0.245 e. The quantitative estimate of drug-likeness (QED) is 0.757. The van der Waals surface area contributed by atoms with Gasteiger partial charge in [-0.2, -0.15) is 0 Å². The minimum absolute atomic E-state index is 0.104. The third-order valence-corrected chi connectivity index (χ3v) is 4.11. The SMILES string of the molecule is COCCCN1CC(=O)Nc2ncc(-c3ccc(C(C)(C)O)nc3)nc21. The van der Waals surface area contributed by atoms with Gasteiger partial charge in [0.1, 0.15) is 5.60 Å². The minimum atomic E-state index is -0.998. The molecule has 0 saturated carbocycles. The van der Waals surface area contributed by atoms with Crippen molar-refractivity contribution in [1.29, 1.82) is 0 Å². The Morgan fingerprint density at radius 1 is 1.31 bits per heavy atom. The van der Waals surface area contributed by atoms with Crippen LogP contribution < -0.4 is 10.2 Å². The third-order valence-electron chi connectivity index (χ3n) is 4.11. The molecule has 0 radical (unpaired) electrons. The second-order valence-corrected chi connectivity index (χ2v) is 6.73. The fourth-order valence-electron chi connectivity index (χ4n) is 2.74. The Morgan fingerprint density at radius 3 is 2.77 bits per heavy atom. The number of hydrogen-bond acceptors (Lipinski definition) is 7. The highest BCUT2D eigenvalue weighted by Crippen LogP contribution is 2.29. The highest BCUT2D eigenvalue weighted by Gasteiger charge is 2.25. The van der Waals surface area contributed by atoms with Crippen LogP contribution >= 0.6 is 0 Å². The maximum atomic E-state index is 11.9. The zero-order chi connectivity index (χ0) is 18.7. The molecule has 0 unspecified atom stereocenters. The summed E-state index contributed by atoms with van der Waals surface area (Å²) < 4.78 is 5.09. The summed E-state index contributed by atoms with van der Waals surface area (Å²) in [6, 6.07) is 3.63. The first-order valence-electron chi connectivity index (χ1n) is 8.48. The predicted octanol–water partition coefficient (Wildman–Crippen LogP) is 1.56. The van der Waals surface area contributed by atoms with E-state index in [1.807, 2.05) is 11.0 Å². The number of carbonyl (C=O) groups is 1. The molecule has 138 valence electrons. The molecule has 2 N–H and O–H groups in total. The van der Waals surface area contributed by atoms with Gasteiger partial charge in [0, 0.05) is 32.0 Å². The smallest absolute Gasteiger partial charge is 0.245 e. The van der Waals surface area contributed by atoms with Crippen LogP contribution in [-0.4, -0.2) is 52.8 Å². The number of pyridine rings is 1. The van der Waals surface area contributed by atoms with Crippen LogP contribution in [0.3, 0.4) is 0 Å². The Morgan fingerprint density at radius 2 is 2.12 bits per heavy atom. The topological polar surface area (TPSA) is 100 Å². The van der Waals surface area contributed by atoms with Crippen molar-refractivity contribution in [3.05, 3.63) is 30.2 Å². The summed E-state index contributed by atoms with van der Waals surface area (Å²) in [5.41, 5.74) is 1.04. The lowest BCUT2D eigenvalue weighted by atomic mass is 10.0. The number of carbonyl (C=O) groups excluding carboxylic acids is 1. The molecule has 1 amide bonds. The molecule has 3 rings (SSSR count). The second-order valence-electron chi connectivity index (χ2n) is 6.73. The first-order valence-corrected chi connectivity index (χ1v) is 8.48. The van der Waals surface area contributed by atoms with E-state index in [0.717, 1.165) is 12.0 Å². The molecular weight excluding hydrogens is 334 g/mol. The number of fused-ring (bicyclic) bond motifs is 1. The highest BCUT2D eigenvalue weighted by atomic mass is 16.5. The largest absolute Gasteiger partial charge is 0.385 e. The van der Waals surface area contributed by atoms with Gasteiger partial charge in [0.25, 0.3) is 0 Å². The zero-order valence-corrected chi connectivity index (χ0v) is 15.2. The van der Waals surface area contributed by atoms with Crippen LogP contribution in [0.4, 0.5) is 11.6 Å². The number of ether oxygens (including phenoxy) is 1. The minimum Gasteiger partial charge on any atom is -0.385 e. The van der Waals surface area contributed by atoms with E-state index < -0.39 is 5.60 Å². The molecule has 2 aromatic rings. The third kappa shape index (κ3) is 3.97. The Labute approximate surface area is 152 Å². The Balaban J connectivity index is 1.89. The molecule has 0 fully saturated rings. The number of anilines is 2. The van der Waals surface area contributed by atoms with E-state index in [1.54, 1.807) is 39.4 Å². The van der Waals surface area contributed by atoms with Crippen molar-refractivity contribution in [2.75, 3.05) is 37.0 Å². The maximum absolute atomic E-state index is 11.9. The molecule has 1 aliphatic heterocycles. The summed E-state index contributed by atoms with van der Waals surface area (Å²) in [6.45, 7) is 4.89. The molecule has 0 bridgehead atoms. The summed E-state index contributed by atoms with van der Waals surface area (Å²) in [6.07, 6.45) is 4.07. The van der Waals surface area contributed by atoms with Gasteiger partial charge in [0.15, 0.2) is 11.6 Å². The Kier molecular flexibility index (Phi) is 5.15. The molecule has 3 heterocycles. The van der Waals surface area contributed by atoms with Crippen LogP contribution in [0.1, 0.15) is 26.0 Å². The van der Waals surface area contributed by atoms with E-state index in [1.165, 1.54) is 0 Å². The fraction of sp³-hybridized carbons (Fsp3) is 0.444. The normalized spacial score (nSPS) is 14.2. The number of hydrogen-bond donors (Lipinski definition) is 2. The zero-order valence-electron chi connectivity index (χ0n) is 15.2. The van der Waals surface area contributed by atoms with E-state index in [4.69, 9.17) is 4.74 Å². The Hall–Kier alpha value is -2.58. The van der Waals surface area contributed by atoms with Crippen LogP contribution in [0.15, 0.2) is 24.5 Å². The first-order chi connectivity index (χ1) is 12.4. The van der Waals surface area contributed by atoms with Crippen LogP contribution in [0.5, 0.6) is 0 Å². The van der Waals surface area contributed by atoms with Crippen molar-refractivity contribution in [3.8, 4) is 11.3 Å². The molecule has 0 aromatic carbocycles. The van der Waals surface area contributed by atoms with Gasteiger partial charge in [0.05, 0.1) is 24.1 Å². The number of aromatic nitrogens is 3. The highest BCUT2D eigenvalue weighted by molar-refractivity contribution is 5.99. The predicted molar refractivity (Wildman–Crippen MR) is 97.8 cm³/mol. The molecule has 0 aliphatic carbocycles. The van der Waals surface area contributed by atoms with Crippen molar-refractivity contribution in [2.24, 2.45) is 0 Å². The van der Waals surface area contributed by atoms with Gasteiger partial charge in [-0.25, -0.2) is 9.97 Å². The van der Waals surface area contributed by atoms with Crippen LogP contribution in [0.2, 0.25) is 0 Å². The van der Waals surface area contributed by atoms with Crippen molar-refractivity contribution >= 4 is 17.5 Å². The number of amides is 1. The van der Waals surface area contributed by atoms with E-state index in [-0.39, 0.29) is 12.5 Å². The molecule has 8 heteroatoms. The van der Waals surface area contributed by atoms with E-state index in [9.17, 15) is 9.90 Å². The van der Waals surface area contributed by atoms with Crippen molar-refractivity contribution in [2.45, 2.75) is 25.9 Å². The lowest BCUT2D eigenvalue weighted by molar-refractivity contribution is -0.115. The van der Waals surface area contributed by atoms with Crippen molar-refractivity contribution in [3.63, 3.8) is 0 Å². The van der Waals surface area contributed by atoms with Gasteiger partial charge in [-0.1, -0.05) is 0 Å². The molecule has 2 aromatic heterocycles. The molecule has 26 heavy (non-hydrogen) atoms. The summed E-state index contributed by atoms with van der Waals surface area (Å²) in [4.78, 5) is 27.1. The van der Waals surface area contributed by atoms with Crippen molar-refractivity contribution in [1.82, 2.24) is 15.0 Å². The van der Waals surface area contributed by atoms with Gasteiger partial charge in [-0.05, 0) is 32.4 Å². The number of aliphatic hydroxyl groups is 1. The van der Waals surface area contributed by atoms with Crippen LogP contribution in [-0.2, 0) is 15.1 Å². The number of nitrogens with one attached hydrogen (secondary N) is 1. The standard InChI is InChI=1S/C18H23N5O3/c1-18(2,25)14-6-5-12(9-19-14)13-10-20-16-17(21-13)23(7-4-8-26-3)11-15(24)22-16/h5-6,9-10,25H,4,7-8,11H2,1-3H3,(H,20,22,24). The lowest BCUT2D eigenvalue weighted by Gasteiger charge is -2.29. The second kappa shape index (κ2) is 7.35. The average Bonchev–Trinajstić information content (AvgIpc) is 2.61. The van der Waals surface area contributed by atoms with Crippen LogP contribution in [0.25, 0.3) is 11.3 Å². The molecule has 8 nitrogen and oxygen atoms in total. The molecular formula is C18H23N5O3.